The molecule has 0 spiro atoms. The van der Waals surface area contributed by atoms with Crippen molar-refractivity contribution in [3.63, 3.8) is 0 Å². The van der Waals surface area contributed by atoms with E-state index in [0.29, 0.717) is 22.6 Å². The zero-order chi connectivity index (χ0) is 10.1. The third-order valence-corrected chi connectivity index (χ3v) is 3.18. The minimum atomic E-state index is -1.12. The number of carbonyl (C=O) groups is 1. The van der Waals surface area contributed by atoms with Crippen LogP contribution in [-0.2, 0) is 10.8 Å². The van der Waals surface area contributed by atoms with Crippen LogP contribution in [0.25, 0.3) is 0 Å². The van der Waals surface area contributed by atoms with Gasteiger partial charge in [-0.05, 0) is 12.1 Å². The molecule has 0 N–H and O–H groups in total. The molecule has 0 saturated heterocycles. The van der Waals surface area contributed by atoms with Crippen molar-refractivity contribution >= 4 is 27.8 Å². The van der Waals surface area contributed by atoms with Crippen LogP contribution in [-0.4, -0.2) is 15.5 Å². The van der Waals surface area contributed by atoms with Gasteiger partial charge in [-0.2, -0.15) is 0 Å². The Balaban J connectivity index is 2.47. The molecule has 1 aromatic carbocycles. The Labute approximate surface area is 84.3 Å². The maximum Gasteiger partial charge on any atom is 0.162 e. The Morgan fingerprint density at radius 1 is 1.50 bits per heavy atom. The Morgan fingerprint density at radius 2 is 2.29 bits per heavy atom. The van der Waals surface area contributed by atoms with Crippen LogP contribution in [0.15, 0.2) is 28.1 Å². The molecule has 1 aromatic rings. The molecule has 1 unspecified atom stereocenters. The van der Waals surface area contributed by atoms with Crippen LogP contribution in [0.5, 0.6) is 0 Å². The summed E-state index contributed by atoms with van der Waals surface area (Å²) in [7, 11) is -1.12. The second-order valence-corrected chi connectivity index (χ2v) is 4.24. The van der Waals surface area contributed by atoms with Gasteiger partial charge in [0.15, 0.2) is 5.78 Å². The van der Waals surface area contributed by atoms with Gasteiger partial charge in [0.25, 0.3) is 0 Å². The van der Waals surface area contributed by atoms with Crippen molar-refractivity contribution in [2.45, 2.75) is 18.2 Å². The Morgan fingerprint density at radius 3 is 3.00 bits per heavy atom. The summed E-state index contributed by atoms with van der Waals surface area (Å²) in [5.41, 5.74) is 2.69. The van der Waals surface area contributed by atoms with Crippen molar-refractivity contribution in [2.24, 2.45) is 4.99 Å². The first-order valence-corrected chi connectivity index (χ1v) is 5.55. The highest BCUT2D eigenvalue weighted by atomic mass is 32.2. The average molecular weight is 207 g/mol. The fraction of sp³-hybridized carbons (Fsp3) is 0.200. The van der Waals surface area contributed by atoms with Crippen molar-refractivity contribution in [3.05, 3.63) is 23.8 Å². The van der Waals surface area contributed by atoms with E-state index in [0.717, 1.165) is 0 Å². The average Bonchev–Trinajstić information content (AvgIpc) is 2.59. The number of fused-ring (bicyclic) bond motifs is 1. The molecule has 4 heteroatoms. The summed E-state index contributed by atoms with van der Waals surface area (Å²) in [5.74, 6) is 0.0840. The number of benzene rings is 1. The lowest BCUT2D eigenvalue weighted by atomic mass is 10.1. The van der Waals surface area contributed by atoms with Crippen molar-refractivity contribution < 1.29 is 9.00 Å². The van der Waals surface area contributed by atoms with E-state index in [-0.39, 0.29) is 5.78 Å². The Bertz CT molecular complexity index is 451. The van der Waals surface area contributed by atoms with Gasteiger partial charge in [-0.3, -0.25) is 4.79 Å². The van der Waals surface area contributed by atoms with Gasteiger partial charge >= 0.3 is 0 Å². The first kappa shape index (κ1) is 9.27. The molecule has 1 heterocycles. The van der Waals surface area contributed by atoms with Crippen LogP contribution in [0.2, 0.25) is 0 Å². The molecule has 2 rings (SSSR count). The van der Waals surface area contributed by atoms with Crippen LogP contribution in [0.4, 0.5) is 5.69 Å². The largest absolute Gasteiger partial charge is 0.294 e. The van der Waals surface area contributed by atoms with Crippen molar-refractivity contribution in [1.29, 1.82) is 0 Å². The number of carbonyl (C=O) groups excluding carboxylic acids is 1. The lowest BCUT2D eigenvalue weighted by Crippen LogP contribution is -1.96. The number of nitrogens with zero attached hydrogens (tertiary/aromatic N) is 1. The molecule has 0 aliphatic carbocycles. The van der Waals surface area contributed by atoms with Crippen molar-refractivity contribution in [2.75, 3.05) is 0 Å². The zero-order valence-corrected chi connectivity index (χ0v) is 8.50. The van der Waals surface area contributed by atoms with Crippen LogP contribution in [0, 0.1) is 0 Å². The lowest BCUT2D eigenvalue weighted by molar-refractivity contribution is 0.0988. The first-order valence-electron chi connectivity index (χ1n) is 4.34. The second kappa shape index (κ2) is 3.46. The maximum absolute atomic E-state index is 11.4. The monoisotopic (exact) mass is 207 g/mol. The van der Waals surface area contributed by atoms with E-state index in [1.807, 2.05) is 6.92 Å². The topological polar surface area (TPSA) is 46.5 Å². The van der Waals surface area contributed by atoms with Crippen LogP contribution < -0.4 is 0 Å². The standard InChI is InChI=1S/C10H9NO2S/c1-2-9(12)7-3-4-10-8(5-7)11-6-14(10)13/h3-6H,2H2,1H3. The van der Waals surface area contributed by atoms with Gasteiger partial charge < -0.3 is 0 Å². The molecule has 0 radical (unpaired) electrons. The van der Waals surface area contributed by atoms with Gasteiger partial charge in [0.2, 0.25) is 0 Å². The summed E-state index contributed by atoms with van der Waals surface area (Å²) < 4.78 is 11.3. The van der Waals surface area contributed by atoms with Gasteiger partial charge in [0.05, 0.1) is 26.9 Å². The molecular weight excluding hydrogens is 198 g/mol. The molecule has 0 aromatic heterocycles. The molecule has 3 nitrogen and oxygen atoms in total. The molecule has 0 bridgehead atoms. The van der Waals surface area contributed by atoms with E-state index in [1.165, 1.54) is 5.55 Å². The maximum atomic E-state index is 11.4. The van der Waals surface area contributed by atoms with E-state index in [4.69, 9.17) is 0 Å². The van der Waals surface area contributed by atoms with E-state index in [9.17, 15) is 9.00 Å². The quantitative estimate of drug-likeness (QED) is 0.697. The Kier molecular flexibility index (Phi) is 2.29. The van der Waals surface area contributed by atoms with E-state index < -0.39 is 10.8 Å². The smallest absolute Gasteiger partial charge is 0.162 e. The normalized spacial score (nSPS) is 18.2. The summed E-state index contributed by atoms with van der Waals surface area (Å²) in [5, 5.41) is 0. The van der Waals surface area contributed by atoms with E-state index in [2.05, 4.69) is 4.99 Å². The van der Waals surface area contributed by atoms with Crippen molar-refractivity contribution in [3.8, 4) is 0 Å². The third-order valence-electron chi connectivity index (χ3n) is 2.11. The van der Waals surface area contributed by atoms with Gasteiger partial charge in [-0.25, -0.2) is 9.20 Å². The molecule has 72 valence electrons. The van der Waals surface area contributed by atoms with Gasteiger partial charge in [-0.15, -0.1) is 0 Å². The number of ketones is 1. The highest BCUT2D eigenvalue weighted by Crippen LogP contribution is 2.28. The molecule has 0 amide bonds. The first-order chi connectivity index (χ1) is 6.72. The molecule has 1 atom stereocenters. The predicted molar refractivity (Wildman–Crippen MR) is 55.6 cm³/mol. The third kappa shape index (κ3) is 1.42. The minimum absolute atomic E-state index is 0.0840. The molecule has 1 aliphatic heterocycles. The molecule has 14 heavy (non-hydrogen) atoms. The fourth-order valence-corrected chi connectivity index (χ4v) is 2.17. The number of aliphatic imine (C=N–C) groups is 1. The van der Waals surface area contributed by atoms with E-state index >= 15 is 0 Å². The summed E-state index contributed by atoms with van der Waals surface area (Å²) in [4.78, 5) is 16.0. The van der Waals surface area contributed by atoms with Crippen LogP contribution in [0.3, 0.4) is 0 Å². The number of Topliss-reactive ketones (excluding diaryl/α,β-unsaturated/α-hetero) is 1. The molecule has 1 aliphatic rings. The van der Waals surface area contributed by atoms with E-state index in [1.54, 1.807) is 18.2 Å². The minimum Gasteiger partial charge on any atom is -0.294 e. The fourth-order valence-electron chi connectivity index (χ4n) is 1.33. The van der Waals surface area contributed by atoms with Gasteiger partial charge in [-0.1, -0.05) is 13.0 Å². The lowest BCUT2D eigenvalue weighted by Gasteiger charge is -1.99. The number of hydrogen-bond acceptors (Lipinski definition) is 3. The number of rotatable bonds is 2. The molecule has 0 fully saturated rings. The zero-order valence-electron chi connectivity index (χ0n) is 7.69. The summed E-state index contributed by atoms with van der Waals surface area (Å²) in [6, 6.07) is 5.11. The second-order valence-electron chi connectivity index (χ2n) is 2.99. The predicted octanol–water partition coefficient (Wildman–Crippen LogP) is 2.06. The SMILES string of the molecule is CCC(=O)c1ccc2c(c1)N=CS2=O. The van der Waals surface area contributed by atoms with Gasteiger partial charge in [0, 0.05) is 12.0 Å². The van der Waals surface area contributed by atoms with Crippen LogP contribution >= 0.6 is 0 Å². The number of hydrogen-bond donors (Lipinski definition) is 0. The molecule has 0 saturated carbocycles. The summed E-state index contributed by atoms with van der Waals surface area (Å²) in [6.07, 6.45) is 0.478. The summed E-state index contributed by atoms with van der Waals surface area (Å²) >= 11 is 0. The molecular formula is C10H9NO2S. The highest BCUT2D eigenvalue weighted by Gasteiger charge is 2.15. The highest BCUT2D eigenvalue weighted by molar-refractivity contribution is 7.99. The van der Waals surface area contributed by atoms with Crippen molar-refractivity contribution in [1.82, 2.24) is 0 Å². The summed E-state index contributed by atoms with van der Waals surface area (Å²) in [6.45, 7) is 1.82. The van der Waals surface area contributed by atoms with Crippen LogP contribution in [0.1, 0.15) is 23.7 Å². The van der Waals surface area contributed by atoms with Gasteiger partial charge in [0.1, 0.15) is 0 Å². The Hall–Kier alpha value is -1.29.